The van der Waals surface area contributed by atoms with E-state index < -0.39 is 5.41 Å². The molecule has 54 valence electrons. The highest BCUT2D eigenvalue weighted by atomic mass is 16.3. The van der Waals surface area contributed by atoms with Crippen LogP contribution in [-0.2, 0) is 4.79 Å². The Labute approximate surface area is 54.3 Å². The molecule has 0 saturated carbocycles. The standard InChI is InChI=1S/C6H12O3/c1-5(9)6(2,3-7)4-8/h7-8H,3-4H2,1-2H3. The lowest BCUT2D eigenvalue weighted by molar-refractivity contribution is -0.130. The maximum Gasteiger partial charge on any atom is 0.140 e. The number of ketones is 1. The number of hydrogen-bond acceptors (Lipinski definition) is 3. The van der Waals surface area contributed by atoms with Crippen molar-refractivity contribution in [3.8, 4) is 0 Å². The van der Waals surface area contributed by atoms with Crippen molar-refractivity contribution in [3.05, 3.63) is 0 Å². The lowest BCUT2D eigenvalue weighted by Gasteiger charge is -2.19. The van der Waals surface area contributed by atoms with Gasteiger partial charge < -0.3 is 10.2 Å². The van der Waals surface area contributed by atoms with Crippen LogP contribution >= 0.6 is 0 Å². The summed E-state index contributed by atoms with van der Waals surface area (Å²) < 4.78 is 0. The van der Waals surface area contributed by atoms with Crippen LogP contribution < -0.4 is 0 Å². The summed E-state index contributed by atoms with van der Waals surface area (Å²) in [6, 6.07) is 0. The average Bonchev–Trinajstić information content (AvgIpc) is 1.86. The van der Waals surface area contributed by atoms with Crippen molar-refractivity contribution in [2.45, 2.75) is 13.8 Å². The SMILES string of the molecule is CC(=O)C(C)(CO)CO. The zero-order valence-corrected chi connectivity index (χ0v) is 5.72. The molecule has 0 aliphatic heterocycles. The normalized spacial score (nSPS) is 11.6. The molecule has 0 aromatic heterocycles. The Morgan fingerprint density at radius 1 is 1.44 bits per heavy atom. The van der Waals surface area contributed by atoms with Crippen LogP contribution in [0.25, 0.3) is 0 Å². The second-order valence-corrected chi connectivity index (χ2v) is 2.43. The van der Waals surface area contributed by atoms with E-state index in [9.17, 15) is 4.79 Å². The third kappa shape index (κ3) is 1.77. The summed E-state index contributed by atoms with van der Waals surface area (Å²) in [6.45, 7) is 2.29. The van der Waals surface area contributed by atoms with Gasteiger partial charge in [-0.3, -0.25) is 4.79 Å². The van der Waals surface area contributed by atoms with Gasteiger partial charge in [-0.25, -0.2) is 0 Å². The van der Waals surface area contributed by atoms with E-state index in [-0.39, 0.29) is 19.0 Å². The van der Waals surface area contributed by atoms with Crippen molar-refractivity contribution < 1.29 is 15.0 Å². The minimum Gasteiger partial charge on any atom is -0.395 e. The van der Waals surface area contributed by atoms with E-state index in [4.69, 9.17) is 10.2 Å². The van der Waals surface area contributed by atoms with Crippen molar-refractivity contribution in [3.63, 3.8) is 0 Å². The minimum absolute atomic E-state index is 0.187. The smallest absolute Gasteiger partial charge is 0.140 e. The topological polar surface area (TPSA) is 57.5 Å². The number of carbonyl (C=O) groups excluding carboxylic acids is 1. The van der Waals surface area contributed by atoms with Gasteiger partial charge in [0.1, 0.15) is 5.78 Å². The molecule has 0 aliphatic rings. The summed E-state index contributed by atoms with van der Waals surface area (Å²) in [7, 11) is 0. The maximum absolute atomic E-state index is 10.6. The highest BCUT2D eigenvalue weighted by Gasteiger charge is 2.27. The Bertz CT molecular complexity index is 105. The lowest BCUT2D eigenvalue weighted by Crippen LogP contribution is -2.33. The average molecular weight is 132 g/mol. The maximum atomic E-state index is 10.6. The third-order valence-electron chi connectivity index (χ3n) is 1.55. The van der Waals surface area contributed by atoms with Crippen LogP contribution in [0.3, 0.4) is 0 Å². The molecule has 0 saturated heterocycles. The van der Waals surface area contributed by atoms with E-state index >= 15 is 0 Å². The van der Waals surface area contributed by atoms with Gasteiger partial charge in [0.05, 0.1) is 18.6 Å². The molecule has 3 nitrogen and oxygen atoms in total. The van der Waals surface area contributed by atoms with E-state index in [0.29, 0.717) is 0 Å². The highest BCUT2D eigenvalue weighted by Crippen LogP contribution is 2.14. The molecule has 0 atom stereocenters. The molecule has 0 spiro atoms. The van der Waals surface area contributed by atoms with Crippen LogP contribution in [0.5, 0.6) is 0 Å². The first-order valence-corrected chi connectivity index (χ1v) is 2.79. The Morgan fingerprint density at radius 2 is 1.78 bits per heavy atom. The number of hydrogen-bond donors (Lipinski definition) is 2. The molecule has 0 bridgehead atoms. The largest absolute Gasteiger partial charge is 0.395 e. The minimum atomic E-state index is -0.944. The van der Waals surface area contributed by atoms with Gasteiger partial charge in [0.2, 0.25) is 0 Å². The number of aliphatic hydroxyl groups excluding tert-OH is 2. The molecule has 0 fully saturated rings. The zero-order valence-electron chi connectivity index (χ0n) is 5.72. The molecule has 2 N–H and O–H groups in total. The Kier molecular flexibility index (Phi) is 2.81. The molecule has 0 aromatic carbocycles. The summed E-state index contributed by atoms with van der Waals surface area (Å²) in [4.78, 5) is 10.6. The number of carbonyl (C=O) groups is 1. The first-order chi connectivity index (χ1) is 4.06. The van der Waals surface area contributed by atoms with Crippen LogP contribution in [0.2, 0.25) is 0 Å². The van der Waals surface area contributed by atoms with Crippen LogP contribution in [-0.4, -0.2) is 29.2 Å². The molecule has 0 unspecified atom stereocenters. The van der Waals surface area contributed by atoms with Crippen molar-refractivity contribution >= 4 is 5.78 Å². The van der Waals surface area contributed by atoms with Gasteiger partial charge >= 0.3 is 0 Å². The van der Waals surface area contributed by atoms with Crippen molar-refractivity contribution in [1.29, 1.82) is 0 Å². The van der Waals surface area contributed by atoms with Gasteiger partial charge in [0.25, 0.3) is 0 Å². The summed E-state index contributed by atoms with van der Waals surface area (Å²) in [5.74, 6) is -0.187. The van der Waals surface area contributed by atoms with Crippen molar-refractivity contribution in [2.75, 3.05) is 13.2 Å². The molecule has 0 aromatic rings. The van der Waals surface area contributed by atoms with Crippen LogP contribution in [0.4, 0.5) is 0 Å². The van der Waals surface area contributed by atoms with E-state index in [1.54, 1.807) is 0 Å². The predicted molar refractivity (Wildman–Crippen MR) is 33.0 cm³/mol. The van der Waals surface area contributed by atoms with Gasteiger partial charge in [-0.2, -0.15) is 0 Å². The molecule has 0 heterocycles. The fourth-order valence-electron chi connectivity index (χ4n) is 0.273. The van der Waals surface area contributed by atoms with E-state index in [2.05, 4.69) is 0 Å². The summed E-state index contributed by atoms with van der Waals surface area (Å²) in [5, 5.41) is 17.1. The first kappa shape index (κ1) is 8.59. The van der Waals surface area contributed by atoms with Gasteiger partial charge in [0.15, 0.2) is 0 Å². The van der Waals surface area contributed by atoms with Crippen LogP contribution in [0.15, 0.2) is 0 Å². The van der Waals surface area contributed by atoms with Gasteiger partial charge in [-0.05, 0) is 13.8 Å². The van der Waals surface area contributed by atoms with Crippen molar-refractivity contribution in [1.82, 2.24) is 0 Å². The number of rotatable bonds is 3. The Hall–Kier alpha value is -0.410. The molecule has 0 aliphatic carbocycles. The van der Waals surface area contributed by atoms with E-state index in [1.807, 2.05) is 0 Å². The number of Topliss-reactive ketones (excluding diaryl/α,β-unsaturated/α-hetero) is 1. The Morgan fingerprint density at radius 3 is 1.78 bits per heavy atom. The second kappa shape index (κ2) is 2.94. The van der Waals surface area contributed by atoms with Gasteiger partial charge in [0, 0.05) is 0 Å². The predicted octanol–water partition coefficient (Wildman–Crippen LogP) is -0.434. The van der Waals surface area contributed by atoms with E-state index in [0.717, 1.165) is 0 Å². The second-order valence-electron chi connectivity index (χ2n) is 2.43. The first-order valence-electron chi connectivity index (χ1n) is 2.79. The Balaban J connectivity index is 4.09. The summed E-state index contributed by atoms with van der Waals surface area (Å²) >= 11 is 0. The van der Waals surface area contributed by atoms with Gasteiger partial charge in [-0.1, -0.05) is 0 Å². The number of aliphatic hydroxyl groups is 2. The summed E-state index contributed by atoms with van der Waals surface area (Å²) in [6.07, 6.45) is 0. The fraction of sp³-hybridized carbons (Fsp3) is 0.833. The fourth-order valence-corrected chi connectivity index (χ4v) is 0.273. The van der Waals surface area contributed by atoms with Crippen molar-refractivity contribution in [2.24, 2.45) is 5.41 Å². The molecule has 0 rings (SSSR count). The molecular weight excluding hydrogens is 120 g/mol. The third-order valence-corrected chi connectivity index (χ3v) is 1.55. The lowest BCUT2D eigenvalue weighted by atomic mass is 9.89. The monoisotopic (exact) mass is 132 g/mol. The molecule has 0 amide bonds. The van der Waals surface area contributed by atoms with Gasteiger partial charge in [-0.15, -0.1) is 0 Å². The molecule has 0 radical (unpaired) electrons. The quantitative estimate of drug-likeness (QED) is 0.547. The zero-order chi connectivity index (χ0) is 7.49. The van der Waals surface area contributed by atoms with Crippen LogP contribution in [0.1, 0.15) is 13.8 Å². The molecule has 9 heavy (non-hydrogen) atoms. The molecule has 3 heteroatoms. The van der Waals surface area contributed by atoms with Crippen LogP contribution in [0, 0.1) is 5.41 Å². The summed E-state index contributed by atoms with van der Waals surface area (Å²) in [5.41, 5.74) is -0.944. The highest BCUT2D eigenvalue weighted by molar-refractivity contribution is 5.82. The molecular formula is C6H12O3. The van der Waals surface area contributed by atoms with E-state index in [1.165, 1.54) is 13.8 Å².